The van der Waals surface area contributed by atoms with Crippen molar-refractivity contribution in [1.29, 1.82) is 0 Å². The smallest absolute Gasteiger partial charge is 0.0782 e. The highest BCUT2D eigenvalue weighted by Crippen LogP contribution is 2.14. The zero-order valence-corrected chi connectivity index (χ0v) is 19.4. The monoisotopic (exact) mass is 388 g/mol. The van der Waals surface area contributed by atoms with Crippen LogP contribution in [0, 0.1) is 0 Å². The molecule has 158 valence electrons. The molecule has 0 bridgehead atoms. The van der Waals surface area contributed by atoms with Gasteiger partial charge in [-0.15, -0.1) is 11.6 Å². The zero-order valence-electron chi connectivity index (χ0n) is 18.7. The molecule has 0 saturated heterocycles. The Morgan fingerprint density at radius 1 is 0.462 bits per heavy atom. The molecule has 0 aliphatic carbocycles. The summed E-state index contributed by atoms with van der Waals surface area (Å²) in [7, 11) is 4.75. The van der Waals surface area contributed by atoms with Crippen LogP contribution in [0.3, 0.4) is 0 Å². The molecule has 0 aromatic heterocycles. The number of quaternary nitrogens is 1. The van der Waals surface area contributed by atoms with Crippen LogP contribution in [-0.2, 0) is 0 Å². The summed E-state index contributed by atoms with van der Waals surface area (Å²) in [6, 6.07) is 0. The second-order valence-electron chi connectivity index (χ2n) is 9.08. The van der Waals surface area contributed by atoms with Crippen molar-refractivity contribution in [3.05, 3.63) is 0 Å². The minimum Gasteiger partial charge on any atom is -0.328 e. The van der Waals surface area contributed by atoms with Gasteiger partial charge in [-0.1, -0.05) is 96.8 Å². The lowest BCUT2D eigenvalue weighted by Gasteiger charge is -2.29. The Labute approximate surface area is 171 Å². The molecule has 1 nitrogen and oxygen atoms in total. The molecule has 2 heteroatoms. The number of hydrogen-bond acceptors (Lipinski definition) is 0. The summed E-state index contributed by atoms with van der Waals surface area (Å²) < 4.78 is 1.18. The van der Waals surface area contributed by atoms with Gasteiger partial charge >= 0.3 is 0 Å². The van der Waals surface area contributed by atoms with E-state index < -0.39 is 0 Å². The summed E-state index contributed by atoms with van der Waals surface area (Å²) in [5.74, 6) is 0.818. The first-order valence-corrected chi connectivity index (χ1v) is 12.5. The van der Waals surface area contributed by atoms with Gasteiger partial charge in [0, 0.05) is 5.88 Å². The first-order chi connectivity index (χ1) is 12.6. The molecule has 0 saturated carbocycles. The fraction of sp³-hybridized carbons (Fsp3) is 1.00. The average molecular weight is 389 g/mol. The summed E-state index contributed by atoms with van der Waals surface area (Å²) in [6.07, 6.45) is 25.7. The molecule has 0 fully saturated rings. The van der Waals surface area contributed by atoms with Crippen molar-refractivity contribution >= 4 is 11.6 Å². The lowest BCUT2D eigenvalue weighted by molar-refractivity contribution is -0.890. The predicted octanol–water partition coefficient (Wildman–Crippen LogP) is 8.34. The maximum atomic E-state index is 5.77. The van der Waals surface area contributed by atoms with Crippen LogP contribution in [0.2, 0.25) is 0 Å². The van der Waals surface area contributed by atoms with Crippen LogP contribution >= 0.6 is 11.6 Å². The van der Waals surface area contributed by atoms with Gasteiger partial charge in [0.25, 0.3) is 0 Å². The molecule has 0 aromatic rings. The predicted molar refractivity (Wildman–Crippen MR) is 121 cm³/mol. The van der Waals surface area contributed by atoms with Crippen molar-refractivity contribution < 1.29 is 4.48 Å². The molecular formula is C24H51ClN+. The van der Waals surface area contributed by atoms with Crippen molar-refractivity contribution in [2.75, 3.05) is 33.1 Å². The molecule has 0 N–H and O–H groups in total. The van der Waals surface area contributed by atoms with Crippen molar-refractivity contribution in [3.8, 4) is 0 Å². The highest BCUT2D eigenvalue weighted by atomic mass is 35.5. The topological polar surface area (TPSA) is 0 Å². The SMILES string of the molecule is CCCCCCCCCCCCCCCCCC[N+](C)(C)CCCCCl. The Kier molecular flexibility index (Phi) is 20.2. The van der Waals surface area contributed by atoms with E-state index in [4.69, 9.17) is 11.6 Å². The minimum absolute atomic E-state index is 0.818. The van der Waals surface area contributed by atoms with E-state index in [0.29, 0.717) is 0 Å². The van der Waals surface area contributed by atoms with E-state index in [-0.39, 0.29) is 0 Å². The van der Waals surface area contributed by atoms with E-state index in [0.717, 1.165) is 5.88 Å². The first-order valence-electron chi connectivity index (χ1n) is 12.0. The van der Waals surface area contributed by atoms with E-state index in [1.165, 1.54) is 133 Å². The molecule has 0 aromatic carbocycles. The molecule has 0 amide bonds. The van der Waals surface area contributed by atoms with Crippen LogP contribution in [0.15, 0.2) is 0 Å². The van der Waals surface area contributed by atoms with Gasteiger partial charge in [0.2, 0.25) is 0 Å². The molecule has 0 heterocycles. The quantitative estimate of drug-likeness (QED) is 0.105. The van der Waals surface area contributed by atoms with Crippen LogP contribution in [0.25, 0.3) is 0 Å². The number of unbranched alkanes of at least 4 members (excludes halogenated alkanes) is 16. The van der Waals surface area contributed by atoms with Gasteiger partial charge in [-0.25, -0.2) is 0 Å². The first kappa shape index (κ1) is 26.2. The van der Waals surface area contributed by atoms with Crippen LogP contribution in [0.4, 0.5) is 0 Å². The highest BCUT2D eigenvalue weighted by Gasteiger charge is 2.13. The lowest BCUT2D eigenvalue weighted by Crippen LogP contribution is -2.41. The van der Waals surface area contributed by atoms with Crippen LogP contribution in [-0.4, -0.2) is 37.5 Å². The zero-order chi connectivity index (χ0) is 19.3. The molecule has 0 rings (SSSR count). The fourth-order valence-corrected chi connectivity index (χ4v) is 4.02. The van der Waals surface area contributed by atoms with Gasteiger partial charge in [-0.2, -0.15) is 0 Å². The maximum Gasteiger partial charge on any atom is 0.0782 e. The van der Waals surface area contributed by atoms with Crippen LogP contribution in [0.5, 0.6) is 0 Å². The number of halogens is 1. The van der Waals surface area contributed by atoms with Crippen molar-refractivity contribution in [3.63, 3.8) is 0 Å². The van der Waals surface area contributed by atoms with Gasteiger partial charge < -0.3 is 4.48 Å². The average Bonchev–Trinajstić information content (AvgIpc) is 2.61. The Bertz CT molecular complexity index is 265. The normalized spacial score (nSPS) is 12.0. The number of alkyl halides is 1. The summed E-state index contributed by atoms with van der Waals surface area (Å²) in [6.45, 7) is 4.91. The third-order valence-electron chi connectivity index (χ3n) is 5.76. The van der Waals surface area contributed by atoms with Crippen LogP contribution < -0.4 is 0 Å². The molecule has 0 radical (unpaired) electrons. The summed E-state index contributed by atoms with van der Waals surface area (Å²) in [5, 5.41) is 0. The Balaban J connectivity index is 3.17. The van der Waals surface area contributed by atoms with Gasteiger partial charge in [-0.3, -0.25) is 0 Å². The molecule has 26 heavy (non-hydrogen) atoms. The maximum absolute atomic E-state index is 5.77. The second kappa shape index (κ2) is 20.0. The van der Waals surface area contributed by atoms with E-state index in [2.05, 4.69) is 21.0 Å². The number of hydrogen-bond donors (Lipinski definition) is 0. The van der Waals surface area contributed by atoms with Crippen molar-refractivity contribution in [1.82, 2.24) is 0 Å². The number of nitrogens with zero attached hydrogens (tertiary/aromatic N) is 1. The van der Waals surface area contributed by atoms with Crippen molar-refractivity contribution in [2.45, 2.75) is 122 Å². The molecular weight excluding hydrogens is 338 g/mol. The Morgan fingerprint density at radius 3 is 1.12 bits per heavy atom. The third-order valence-corrected chi connectivity index (χ3v) is 6.03. The van der Waals surface area contributed by atoms with Crippen LogP contribution in [0.1, 0.15) is 122 Å². The van der Waals surface area contributed by atoms with Gasteiger partial charge in [0.05, 0.1) is 27.2 Å². The molecule has 0 aliphatic heterocycles. The molecule has 0 aliphatic rings. The number of rotatable bonds is 21. The summed E-state index contributed by atoms with van der Waals surface area (Å²) >= 11 is 5.77. The van der Waals surface area contributed by atoms with Gasteiger partial charge in [0.1, 0.15) is 0 Å². The largest absolute Gasteiger partial charge is 0.328 e. The lowest BCUT2D eigenvalue weighted by atomic mass is 10.0. The fourth-order valence-electron chi connectivity index (χ4n) is 3.83. The van der Waals surface area contributed by atoms with Gasteiger partial charge in [-0.05, 0) is 25.7 Å². The molecule has 0 unspecified atom stereocenters. The summed E-state index contributed by atoms with van der Waals surface area (Å²) in [4.78, 5) is 0. The Morgan fingerprint density at radius 2 is 0.769 bits per heavy atom. The third kappa shape index (κ3) is 20.6. The van der Waals surface area contributed by atoms with Gasteiger partial charge in [0.15, 0.2) is 0 Å². The highest BCUT2D eigenvalue weighted by molar-refractivity contribution is 6.17. The standard InChI is InChI=1S/C24H51ClN/c1-4-5-6-7-8-9-10-11-12-13-14-15-16-17-18-20-23-26(2,3)24-21-19-22-25/h4-24H2,1-3H3/q+1. The minimum atomic E-state index is 0.818. The second-order valence-corrected chi connectivity index (χ2v) is 9.46. The van der Waals surface area contributed by atoms with E-state index >= 15 is 0 Å². The van der Waals surface area contributed by atoms with E-state index in [1.54, 1.807) is 0 Å². The van der Waals surface area contributed by atoms with Crippen molar-refractivity contribution in [2.24, 2.45) is 0 Å². The molecule has 0 spiro atoms. The molecule has 0 atom stereocenters. The Hall–Kier alpha value is 0.250. The summed E-state index contributed by atoms with van der Waals surface area (Å²) in [5.41, 5.74) is 0. The van der Waals surface area contributed by atoms with E-state index in [1.807, 2.05) is 0 Å². The van der Waals surface area contributed by atoms with E-state index in [9.17, 15) is 0 Å².